The fourth-order valence-electron chi connectivity index (χ4n) is 9.88. The van der Waals surface area contributed by atoms with Crippen molar-refractivity contribution in [1.29, 1.82) is 0 Å². The van der Waals surface area contributed by atoms with Crippen LogP contribution in [0.2, 0.25) is 0 Å². The molecule has 0 saturated heterocycles. The van der Waals surface area contributed by atoms with Crippen molar-refractivity contribution in [3.63, 3.8) is 0 Å². The minimum absolute atomic E-state index is 0.0437. The Hall–Kier alpha value is -0.650. The lowest BCUT2D eigenvalue weighted by molar-refractivity contribution is -0.125. The Labute approximate surface area is 402 Å². The van der Waals surface area contributed by atoms with Crippen molar-refractivity contribution in [1.82, 2.24) is 5.32 Å². The first kappa shape index (κ1) is 63.4. The molecule has 384 valence electrons. The van der Waals surface area contributed by atoms with Gasteiger partial charge in [0.15, 0.2) is 0 Å². The Morgan fingerprint density at radius 3 is 0.750 bits per heavy atom. The Balaban J connectivity index is 3.45. The SMILES string of the molecule is CCCCCCCCCCCCCCCCCCCCCCCCCCCCCCCCC(O)CC(=O)NC(CO)C(O)CCCCCCCCCCCCCCCCCCCCC. The summed E-state index contributed by atoms with van der Waals surface area (Å²) < 4.78 is 0. The number of unbranched alkanes of at least 4 members (excludes halogenated alkanes) is 47. The second-order valence-electron chi connectivity index (χ2n) is 21.0. The summed E-state index contributed by atoms with van der Waals surface area (Å²) in [6.45, 7) is 4.31. The van der Waals surface area contributed by atoms with Crippen molar-refractivity contribution in [2.24, 2.45) is 0 Å². The van der Waals surface area contributed by atoms with E-state index in [0.29, 0.717) is 12.8 Å². The lowest BCUT2D eigenvalue weighted by atomic mass is 10.0. The molecule has 0 aliphatic carbocycles. The van der Waals surface area contributed by atoms with E-state index in [0.717, 1.165) is 25.7 Å². The van der Waals surface area contributed by atoms with Crippen molar-refractivity contribution in [2.45, 2.75) is 366 Å². The molecule has 0 fully saturated rings. The molecule has 0 aromatic heterocycles. The minimum atomic E-state index is -0.745. The highest BCUT2D eigenvalue weighted by Gasteiger charge is 2.21. The van der Waals surface area contributed by atoms with E-state index in [1.165, 1.54) is 289 Å². The van der Waals surface area contributed by atoms with Gasteiger partial charge >= 0.3 is 0 Å². The molecule has 5 heteroatoms. The van der Waals surface area contributed by atoms with Crippen LogP contribution >= 0.6 is 0 Å². The standard InChI is InChI=1S/C59H119NO4/c1-3-5-7-9-11-13-15-17-19-21-23-24-25-26-27-28-29-30-31-32-33-35-36-38-40-42-44-46-48-50-52-56(62)54-59(64)60-57(55-61)58(63)53-51-49-47-45-43-41-39-37-34-22-20-18-16-14-12-10-8-6-4-2/h56-58,61-63H,3-55H2,1-2H3,(H,60,64). The van der Waals surface area contributed by atoms with Gasteiger partial charge in [0.1, 0.15) is 0 Å². The summed E-state index contributed by atoms with van der Waals surface area (Å²) in [4.78, 5) is 12.6. The number of carbonyl (C=O) groups excluding carboxylic acids is 1. The molecule has 0 aromatic rings. The number of aliphatic hydroxyl groups is 3. The largest absolute Gasteiger partial charge is 0.394 e. The highest BCUT2D eigenvalue weighted by molar-refractivity contribution is 5.76. The van der Waals surface area contributed by atoms with Crippen molar-refractivity contribution >= 4 is 5.91 Å². The first-order valence-electron chi connectivity index (χ1n) is 29.8. The maximum atomic E-state index is 12.6. The number of hydrogen-bond acceptors (Lipinski definition) is 4. The third kappa shape index (κ3) is 50.8. The van der Waals surface area contributed by atoms with Gasteiger partial charge < -0.3 is 20.6 Å². The fraction of sp³-hybridized carbons (Fsp3) is 0.983. The zero-order valence-electron chi connectivity index (χ0n) is 44.0. The third-order valence-electron chi connectivity index (χ3n) is 14.4. The summed E-state index contributed by atoms with van der Waals surface area (Å²) in [5, 5.41) is 33.7. The third-order valence-corrected chi connectivity index (χ3v) is 14.4. The van der Waals surface area contributed by atoms with Gasteiger partial charge in [-0.3, -0.25) is 4.79 Å². The summed E-state index contributed by atoms with van der Waals surface area (Å²) in [6, 6.07) is -0.654. The van der Waals surface area contributed by atoms with E-state index in [2.05, 4.69) is 19.2 Å². The predicted molar refractivity (Wildman–Crippen MR) is 282 cm³/mol. The molecule has 4 N–H and O–H groups in total. The van der Waals surface area contributed by atoms with Gasteiger partial charge in [-0.2, -0.15) is 0 Å². The second kappa shape index (κ2) is 55.0. The van der Waals surface area contributed by atoms with E-state index < -0.39 is 18.2 Å². The monoisotopic (exact) mass is 906 g/mol. The molecule has 0 saturated carbocycles. The van der Waals surface area contributed by atoms with Crippen LogP contribution < -0.4 is 5.32 Å². The van der Waals surface area contributed by atoms with Crippen molar-refractivity contribution in [3.8, 4) is 0 Å². The Morgan fingerprint density at radius 1 is 0.328 bits per heavy atom. The van der Waals surface area contributed by atoms with Gasteiger partial charge in [-0.25, -0.2) is 0 Å². The van der Waals surface area contributed by atoms with Crippen LogP contribution in [0.5, 0.6) is 0 Å². The molecule has 0 spiro atoms. The van der Waals surface area contributed by atoms with Gasteiger partial charge in [-0.1, -0.05) is 328 Å². The molecule has 3 atom stereocenters. The molecule has 1 amide bonds. The normalized spacial score (nSPS) is 13.1. The molecule has 5 nitrogen and oxygen atoms in total. The van der Waals surface area contributed by atoms with E-state index in [-0.39, 0.29) is 18.9 Å². The van der Waals surface area contributed by atoms with Crippen LogP contribution in [0.15, 0.2) is 0 Å². The lowest BCUT2D eigenvalue weighted by Crippen LogP contribution is -2.46. The molecular formula is C59H119NO4. The van der Waals surface area contributed by atoms with Crippen LogP contribution in [0.3, 0.4) is 0 Å². The van der Waals surface area contributed by atoms with E-state index in [1.54, 1.807) is 0 Å². The smallest absolute Gasteiger partial charge is 0.222 e. The first-order valence-corrected chi connectivity index (χ1v) is 29.8. The summed E-state index contributed by atoms with van der Waals surface area (Å²) in [7, 11) is 0. The number of carbonyl (C=O) groups is 1. The van der Waals surface area contributed by atoms with Crippen LogP contribution in [0.25, 0.3) is 0 Å². The quantitative estimate of drug-likeness (QED) is 0.0458. The van der Waals surface area contributed by atoms with Crippen LogP contribution in [0.4, 0.5) is 0 Å². The van der Waals surface area contributed by atoms with E-state index in [9.17, 15) is 20.1 Å². The number of amides is 1. The molecule has 0 rings (SSSR count). The van der Waals surface area contributed by atoms with E-state index >= 15 is 0 Å². The summed E-state index contributed by atoms with van der Waals surface area (Å²) >= 11 is 0. The van der Waals surface area contributed by atoms with Gasteiger partial charge in [-0.05, 0) is 12.8 Å². The summed E-state index contributed by atoms with van der Waals surface area (Å²) in [6.07, 6.45) is 67.1. The highest BCUT2D eigenvalue weighted by Crippen LogP contribution is 2.19. The molecule has 3 unspecified atom stereocenters. The van der Waals surface area contributed by atoms with E-state index in [4.69, 9.17) is 0 Å². The Bertz CT molecular complexity index is 868. The van der Waals surface area contributed by atoms with E-state index in [1.807, 2.05) is 0 Å². The van der Waals surface area contributed by atoms with Gasteiger partial charge in [0.05, 0.1) is 31.3 Å². The Morgan fingerprint density at radius 2 is 0.531 bits per heavy atom. The molecule has 0 bridgehead atoms. The molecule has 64 heavy (non-hydrogen) atoms. The van der Waals surface area contributed by atoms with Gasteiger partial charge in [0.2, 0.25) is 5.91 Å². The van der Waals surface area contributed by atoms with Crippen molar-refractivity contribution in [3.05, 3.63) is 0 Å². The van der Waals surface area contributed by atoms with Crippen molar-refractivity contribution < 1.29 is 20.1 Å². The lowest BCUT2D eigenvalue weighted by Gasteiger charge is -2.23. The average molecular weight is 907 g/mol. The van der Waals surface area contributed by atoms with Crippen LogP contribution in [-0.4, -0.2) is 46.1 Å². The topological polar surface area (TPSA) is 89.8 Å². The number of aliphatic hydroxyl groups excluding tert-OH is 3. The van der Waals surface area contributed by atoms with Crippen molar-refractivity contribution in [2.75, 3.05) is 6.61 Å². The summed E-state index contributed by atoms with van der Waals surface area (Å²) in [5.74, 6) is -0.274. The molecule has 0 aromatic carbocycles. The average Bonchev–Trinajstić information content (AvgIpc) is 3.29. The maximum Gasteiger partial charge on any atom is 0.222 e. The maximum absolute atomic E-state index is 12.6. The fourth-order valence-corrected chi connectivity index (χ4v) is 9.88. The molecule has 0 radical (unpaired) electrons. The second-order valence-corrected chi connectivity index (χ2v) is 21.0. The van der Waals surface area contributed by atoms with Crippen LogP contribution in [0, 0.1) is 0 Å². The minimum Gasteiger partial charge on any atom is -0.394 e. The van der Waals surface area contributed by atoms with Crippen LogP contribution in [-0.2, 0) is 4.79 Å². The summed E-state index contributed by atoms with van der Waals surface area (Å²) in [5.41, 5.74) is 0. The highest BCUT2D eigenvalue weighted by atomic mass is 16.3. The number of rotatable bonds is 56. The molecule has 0 aliphatic rings. The van der Waals surface area contributed by atoms with Crippen LogP contribution in [0.1, 0.15) is 348 Å². The molecular weight excluding hydrogens is 787 g/mol. The zero-order valence-corrected chi connectivity index (χ0v) is 44.0. The number of hydrogen-bond donors (Lipinski definition) is 4. The molecule has 0 aliphatic heterocycles. The molecule has 0 heterocycles. The Kier molecular flexibility index (Phi) is 54.4. The first-order chi connectivity index (χ1) is 31.5. The number of nitrogens with one attached hydrogen (secondary N) is 1. The van der Waals surface area contributed by atoms with Gasteiger partial charge in [-0.15, -0.1) is 0 Å². The predicted octanol–water partition coefficient (Wildman–Crippen LogP) is 18.5. The van der Waals surface area contributed by atoms with Gasteiger partial charge in [0.25, 0.3) is 0 Å². The zero-order chi connectivity index (χ0) is 46.5. The van der Waals surface area contributed by atoms with Gasteiger partial charge in [0, 0.05) is 0 Å².